The first kappa shape index (κ1) is 58.1. The fourth-order valence-corrected chi connectivity index (χ4v) is 7.74. The maximum Gasteiger partial charge on any atom is 0.306 e. The van der Waals surface area contributed by atoms with Crippen molar-refractivity contribution in [3.8, 4) is 0 Å². The Morgan fingerprint density at radius 3 is 1.44 bits per heavy atom. The molecule has 11 unspecified atom stereocenters. The summed E-state index contributed by atoms with van der Waals surface area (Å²) in [5.74, 6) is -0.940. The third kappa shape index (κ3) is 25.2. The Hall–Kier alpha value is -2.02. The minimum absolute atomic E-state index is 0.160. The monoisotopic (exact) mass is 917 g/mol. The smallest absolute Gasteiger partial charge is 0.306 e. The number of allylic oxidation sites excluding steroid dienone is 4. The summed E-state index contributed by atoms with van der Waals surface area (Å²) in [4.78, 5) is 25.7. The first-order chi connectivity index (χ1) is 31.0. The molecule has 2 saturated heterocycles. The van der Waals surface area contributed by atoms with Gasteiger partial charge in [0.05, 0.1) is 19.8 Å². The molecule has 2 rings (SSSR count). The van der Waals surface area contributed by atoms with E-state index in [2.05, 4.69) is 38.2 Å². The normalized spacial score (nSPS) is 26.8. The highest BCUT2D eigenvalue weighted by molar-refractivity contribution is 5.70. The largest absolute Gasteiger partial charge is 0.462 e. The standard InChI is InChI=1S/C49H88O15/c1-3-5-7-9-11-13-15-16-17-18-19-20-21-22-24-26-28-30-32-41(52)62-37(34-59-40(51)31-29-27-25-23-14-12-10-8-6-4-2)35-60-48-47(58)45(56)43(54)39(64-48)36-61-49-46(57)44(55)42(53)38(33-50)63-49/h8,10,17-18,37-39,42-50,53-58H,3-7,9,11-16,19-36H2,1-2H3/b10-8-,18-17-. The number of aliphatic hydroxyl groups excluding tert-OH is 7. The van der Waals surface area contributed by atoms with Crippen molar-refractivity contribution in [1.82, 2.24) is 0 Å². The van der Waals surface area contributed by atoms with Crippen molar-refractivity contribution in [3.63, 3.8) is 0 Å². The average Bonchev–Trinajstić information content (AvgIpc) is 3.29. The van der Waals surface area contributed by atoms with E-state index in [1.165, 1.54) is 64.2 Å². The van der Waals surface area contributed by atoms with Crippen LogP contribution in [-0.2, 0) is 38.0 Å². The molecule has 0 spiro atoms. The zero-order valence-corrected chi connectivity index (χ0v) is 39.3. The number of unbranched alkanes of at least 4 members (excludes halogenated alkanes) is 20. The van der Waals surface area contributed by atoms with Gasteiger partial charge >= 0.3 is 11.9 Å². The van der Waals surface area contributed by atoms with E-state index in [0.717, 1.165) is 77.0 Å². The molecule has 0 radical (unpaired) electrons. The predicted molar refractivity (Wildman–Crippen MR) is 243 cm³/mol. The Morgan fingerprint density at radius 1 is 0.484 bits per heavy atom. The summed E-state index contributed by atoms with van der Waals surface area (Å²) in [6.45, 7) is 2.51. The molecular formula is C49H88O15. The molecular weight excluding hydrogens is 829 g/mol. The van der Waals surface area contributed by atoms with E-state index < -0.39 is 92.7 Å². The van der Waals surface area contributed by atoms with E-state index >= 15 is 0 Å². The molecule has 0 aliphatic carbocycles. The van der Waals surface area contributed by atoms with Crippen LogP contribution < -0.4 is 0 Å². The molecule has 0 aromatic carbocycles. The number of esters is 2. The van der Waals surface area contributed by atoms with Gasteiger partial charge in [0.25, 0.3) is 0 Å². The first-order valence-corrected chi connectivity index (χ1v) is 24.9. The summed E-state index contributed by atoms with van der Waals surface area (Å²) >= 11 is 0. The summed E-state index contributed by atoms with van der Waals surface area (Å²) in [7, 11) is 0. The Bertz CT molecular complexity index is 1220. The lowest BCUT2D eigenvalue weighted by Gasteiger charge is -2.42. The third-order valence-electron chi connectivity index (χ3n) is 11.9. The predicted octanol–water partition coefficient (Wildman–Crippen LogP) is 6.38. The van der Waals surface area contributed by atoms with Crippen molar-refractivity contribution in [3.05, 3.63) is 24.3 Å². The molecule has 0 bridgehead atoms. The second kappa shape index (κ2) is 37.0. The Labute approximate surface area is 383 Å². The van der Waals surface area contributed by atoms with Crippen molar-refractivity contribution in [1.29, 1.82) is 0 Å². The maximum atomic E-state index is 13.0. The fraction of sp³-hybridized carbons (Fsp3) is 0.878. The number of ether oxygens (including phenoxy) is 6. The van der Waals surface area contributed by atoms with Crippen molar-refractivity contribution in [2.24, 2.45) is 0 Å². The molecule has 2 aliphatic rings. The molecule has 15 nitrogen and oxygen atoms in total. The Balaban J connectivity index is 1.81. The van der Waals surface area contributed by atoms with E-state index in [9.17, 15) is 45.3 Å². The Morgan fingerprint density at radius 2 is 0.922 bits per heavy atom. The molecule has 2 aliphatic heterocycles. The van der Waals surface area contributed by atoms with Crippen LogP contribution in [-0.4, -0.2) is 142 Å². The second-order valence-electron chi connectivity index (χ2n) is 17.6. The van der Waals surface area contributed by atoms with Crippen LogP contribution in [0.2, 0.25) is 0 Å². The number of hydrogen-bond donors (Lipinski definition) is 7. The summed E-state index contributed by atoms with van der Waals surface area (Å²) in [6, 6.07) is 0. The molecule has 64 heavy (non-hydrogen) atoms. The molecule has 0 aromatic rings. The summed E-state index contributed by atoms with van der Waals surface area (Å²) < 4.78 is 33.5. The highest BCUT2D eigenvalue weighted by atomic mass is 16.7. The molecule has 15 heteroatoms. The molecule has 0 amide bonds. The second-order valence-corrected chi connectivity index (χ2v) is 17.6. The number of aliphatic hydroxyl groups is 7. The van der Waals surface area contributed by atoms with E-state index in [-0.39, 0.29) is 26.1 Å². The fourth-order valence-electron chi connectivity index (χ4n) is 7.74. The number of carbonyl (C=O) groups is 2. The third-order valence-corrected chi connectivity index (χ3v) is 11.9. The van der Waals surface area contributed by atoms with Gasteiger partial charge in [-0.25, -0.2) is 0 Å². The van der Waals surface area contributed by atoms with Crippen LogP contribution in [0.1, 0.15) is 181 Å². The number of carbonyl (C=O) groups excluding carboxylic acids is 2. The van der Waals surface area contributed by atoms with E-state index in [0.29, 0.717) is 12.8 Å². The lowest BCUT2D eigenvalue weighted by Crippen LogP contribution is -2.61. The van der Waals surface area contributed by atoms with Gasteiger partial charge in [-0.15, -0.1) is 0 Å². The van der Waals surface area contributed by atoms with Gasteiger partial charge in [-0.3, -0.25) is 9.59 Å². The lowest BCUT2D eigenvalue weighted by atomic mass is 9.98. The molecule has 11 atom stereocenters. The van der Waals surface area contributed by atoms with Crippen molar-refractivity contribution < 1.29 is 73.8 Å². The van der Waals surface area contributed by atoms with Gasteiger partial charge in [0, 0.05) is 12.8 Å². The molecule has 374 valence electrons. The maximum absolute atomic E-state index is 13.0. The minimum Gasteiger partial charge on any atom is -0.462 e. The zero-order valence-electron chi connectivity index (χ0n) is 39.3. The number of hydrogen-bond acceptors (Lipinski definition) is 15. The summed E-state index contributed by atoms with van der Waals surface area (Å²) in [5, 5.41) is 71.9. The van der Waals surface area contributed by atoms with Gasteiger partial charge in [0.15, 0.2) is 18.7 Å². The van der Waals surface area contributed by atoms with Crippen molar-refractivity contribution in [2.45, 2.75) is 248 Å². The summed E-state index contributed by atoms with van der Waals surface area (Å²) in [6.07, 6.45) is 19.3. The van der Waals surface area contributed by atoms with Gasteiger partial charge in [0.1, 0.15) is 55.4 Å². The zero-order chi connectivity index (χ0) is 46.8. The van der Waals surface area contributed by atoms with Crippen LogP contribution in [0.25, 0.3) is 0 Å². The first-order valence-electron chi connectivity index (χ1n) is 24.9. The average molecular weight is 917 g/mol. The van der Waals surface area contributed by atoms with Crippen LogP contribution in [0.5, 0.6) is 0 Å². The van der Waals surface area contributed by atoms with Crippen LogP contribution in [0.15, 0.2) is 24.3 Å². The van der Waals surface area contributed by atoms with Crippen molar-refractivity contribution in [2.75, 3.05) is 26.4 Å². The van der Waals surface area contributed by atoms with Gasteiger partial charge < -0.3 is 64.2 Å². The van der Waals surface area contributed by atoms with E-state index in [1.54, 1.807) is 0 Å². The van der Waals surface area contributed by atoms with Gasteiger partial charge in [0.2, 0.25) is 0 Å². The topological polar surface area (TPSA) is 231 Å². The minimum atomic E-state index is -1.76. The summed E-state index contributed by atoms with van der Waals surface area (Å²) in [5.41, 5.74) is 0. The van der Waals surface area contributed by atoms with Gasteiger partial charge in [-0.2, -0.15) is 0 Å². The Kier molecular flexibility index (Phi) is 33.6. The van der Waals surface area contributed by atoms with E-state index in [1.807, 2.05) is 0 Å². The SMILES string of the molecule is CCC/C=C\CCCCCCCC(=O)OCC(COC1OC(COC2OC(CO)C(O)C(O)C2O)C(O)C(O)C1O)OC(=O)CCCCCCCCC/C=C\CCCCCCCCC. The quantitative estimate of drug-likeness (QED) is 0.0203. The highest BCUT2D eigenvalue weighted by Gasteiger charge is 2.47. The molecule has 0 saturated carbocycles. The van der Waals surface area contributed by atoms with Crippen LogP contribution in [0, 0.1) is 0 Å². The number of rotatable bonds is 38. The van der Waals surface area contributed by atoms with Gasteiger partial charge in [-0.1, -0.05) is 134 Å². The van der Waals surface area contributed by atoms with Crippen LogP contribution in [0.3, 0.4) is 0 Å². The van der Waals surface area contributed by atoms with Crippen molar-refractivity contribution >= 4 is 11.9 Å². The molecule has 7 N–H and O–H groups in total. The van der Waals surface area contributed by atoms with Gasteiger partial charge in [-0.05, 0) is 57.8 Å². The van der Waals surface area contributed by atoms with Crippen LogP contribution >= 0.6 is 0 Å². The van der Waals surface area contributed by atoms with Crippen LogP contribution in [0.4, 0.5) is 0 Å². The lowest BCUT2D eigenvalue weighted by molar-refractivity contribution is -0.332. The molecule has 0 aromatic heterocycles. The highest BCUT2D eigenvalue weighted by Crippen LogP contribution is 2.26. The molecule has 2 heterocycles. The van der Waals surface area contributed by atoms with E-state index in [4.69, 9.17) is 28.4 Å². The molecule has 2 fully saturated rings.